The number of amides is 4. The van der Waals surface area contributed by atoms with Gasteiger partial charge >= 0.3 is 0 Å². The molecule has 9 heteroatoms. The Hall–Kier alpha value is -3.72. The zero-order valence-electron chi connectivity index (χ0n) is 20.1. The lowest BCUT2D eigenvalue weighted by molar-refractivity contribution is -0.122. The summed E-state index contributed by atoms with van der Waals surface area (Å²) in [5.74, 6) is -0.431. The van der Waals surface area contributed by atoms with Gasteiger partial charge in [-0.15, -0.1) is 0 Å². The van der Waals surface area contributed by atoms with Gasteiger partial charge in [-0.1, -0.05) is 25.1 Å². The van der Waals surface area contributed by atoms with Crippen LogP contribution in [-0.2, 0) is 11.3 Å². The van der Waals surface area contributed by atoms with Crippen molar-refractivity contribution in [1.82, 2.24) is 20.0 Å². The third kappa shape index (κ3) is 5.19. The fourth-order valence-electron chi connectivity index (χ4n) is 4.39. The molecule has 2 aromatic carbocycles. The number of fused-ring (bicyclic) bond motifs is 1. The molecule has 0 spiro atoms. The first kappa shape index (κ1) is 24.4. The smallest absolute Gasteiger partial charge is 0.261 e. The average molecular weight is 479 g/mol. The van der Waals surface area contributed by atoms with Crippen molar-refractivity contribution in [3.8, 4) is 5.75 Å². The number of rotatable bonds is 8. The fourth-order valence-corrected chi connectivity index (χ4v) is 4.39. The third-order valence-electron chi connectivity index (χ3n) is 6.31. The van der Waals surface area contributed by atoms with Crippen LogP contribution in [-0.4, -0.2) is 84.7 Å². The number of carbonyl (C=O) groups is 4. The molecule has 1 N–H and O–H groups in total. The van der Waals surface area contributed by atoms with Gasteiger partial charge in [0.15, 0.2) is 0 Å². The Balaban J connectivity index is 1.43. The van der Waals surface area contributed by atoms with Crippen LogP contribution in [0.15, 0.2) is 42.5 Å². The molecule has 0 unspecified atom stereocenters. The molecular weight excluding hydrogens is 448 g/mol. The Morgan fingerprint density at radius 1 is 0.971 bits per heavy atom. The monoisotopic (exact) mass is 478 g/mol. The third-order valence-corrected chi connectivity index (χ3v) is 6.31. The van der Waals surface area contributed by atoms with Crippen LogP contribution >= 0.6 is 0 Å². The van der Waals surface area contributed by atoms with Crippen molar-refractivity contribution in [3.63, 3.8) is 0 Å². The van der Waals surface area contributed by atoms with E-state index in [1.165, 1.54) is 12.0 Å². The van der Waals surface area contributed by atoms with Crippen LogP contribution in [0, 0.1) is 0 Å². The Kier molecular flexibility index (Phi) is 7.45. The number of hydrogen-bond acceptors (Lipinski definition) is 6. The highest BCUT2D eigenvalue weighted by Gasteiger charge is 2.35. The van der Waals surface area contributed by atoms with Gasteiger partial charge in [0.1, 0.15) is 5.75 Å². The molecular formula is C26H30N4O5. The van der Waals surface area contributed by atoms with Crippen molar-refractivity contribution in [1.29, 1.82) is 0 Å². The maximum absolute atomic E-state index is 13.3. The van der Waals surface area contributed by atoms with Gasteiger partial charge in [-0.2, -0.15) is 0 Å². The van der Waals surface area contributed by atoms with Crippen LogP contribution in [0.25, 0.3) is 0 Å². The van der Waals surface area contributed by atoms with E-state index in [1.54, 1.807) is 47.4 Å². The molecule has 184 valence electrons. The van der Waals surface area contributed by atoms with Crippen LogP contribution in [0.2, 0.25) is 0 Å². The molecule has 0 atom stereocenters. The summed E-state index contributed by atoms with van der Waals surface area (Å²) in [5.41, 5.74) is 1.83. The SMILES string of the molecule is CCCNC(=O)CN1CCN(C(=O)c2cc(CN3C(=O)c4ccccc4C3=O)ccc2OC)CC1. The Morgan fingerprint density at radius 2 is 1.63 bits per heavy atom. The number of nitrogens with zero attached hydrogens (tertiary/aromatic N) is 3. The van der Waals surface area contributed by atoms with E-state index in [0.717, 1.165) is 6.42 Å². The zero-order valence-corrected chi connectivity index (χ0v) is 20.1. The molecule has 2 aliphatic heterocycles. The second kappa shape index (κ2) is 10.7. The Labute approximate surface area is 204 Å². The summed E-state index contributed by atoms with van der Waals surface area (Å²) in [4.78, 5) is 55.8. The molecule has 0 saturated carbocycles. The first-order valence-electron chi connectivity index (χ1n) is 11.8. The number of benzene rings is 2. The number of piperazine rings is 1. The first-order chi connectivity index (χ1) is 16.9. The minimum atomic E-state index is -0.339. The van der Waals surface area contributed by atoms with Gasteiger partial charge in [-0.3, -0.25) is 29.0 Å². The summed E-state index contributed by atoms with van der Waals surface area (Å²) >= 11 is 0. The highest BCUT2D eigenvalue weighted by molar-refractivity contribution is 6.21. The van der Waals surface area contributed by atoms with E-state index in [0.29, 0.717) is 67.3 Å². The minimum absolute atomic E-state index is 0.00541. The Bertz CT molecular complexity index is 1110. The highest BCUT2D eigenvalue weighted by atomic mass is 16.5. The largest absolute Gasteiger partial charge is 0.496 e. The molecule has 1 fully saturated rings. The van der Waals surface area contributed by atoms with E-state index in [4.69, 9.17) is 4.74 Å². The molecule has 0 radical (unpaired) electrons. The standard InChI is InChI=1S/C26H30N4O5/c1-3-10-27-23(31)17-28-11-13-29(14-12-28)24(32)21-15-18(8-9-22(21)35-2)16-30-25(33)19-6-4-5-7-20(19)26(30)34/h4-9,15H,3,10-14,16-17H2,1-2H3,(H,27,31). The number of carbonyl (C=O) groups excluding carboxylic acids is 4. The first-order valence-corrected chi connectivity index (χ1v) is 11.8. The molecule has 35 heavy (non-hydrogen) atoms. The molecule has 2 heterocycles. The summed E-state index contributed by atoms with van der Waals surface area (Å²) in [5, 5.41) is 2.87. The zero-order chi connectivity index (χ0) is 24.9. The van der Waals surface area contributed by atoms with Crippen molar-refractivity contribution < 1.29 is 23.9 Å². The molecule has 2 aromatic rings. The molecule has 0 aliphatic carbocycles. The Morgan fingerprint density at radius 3 is 2.23 bits per heavy atom. The normalized spacial score (nSPS) is 15.8. The van der Waals surface area contributed by atoms with E-state index in [1.807, 2.05) is 11.8 Å². The van der Waals surface area contributed by atoms with Crippen molar-refractivity contribution in [3.05, 3.63) is 64.7 Å². The van der Waals surface area contributed by atoms with Gasteiger partial charge in [-0.05, 0) is 36.2 Å². The van der Waals surface area contributed by atoms with Crippen LogP contribution in [0.5, 0.6) is 5.75 Å². The van der Waals surface area contributed by atoms with Crippen molar-refractivity contribution in [2.24, 2.45) is 0 Å². The molecule has 0 bridgehead atoms. The number of nitrogens with one attached hydrogen (secondary N) is 1. The summed E-state index contributed by atoms with van der Waals surface area (Å²) in [7, 11) is 1.50. The molecule has 2 aliphatic rings. The summed E-state index contributed by atoms with van der Waals surface area (Å²) < 4.78 is 5.43. The lowest BCUT2D eigenvalue weighted by atomic mass is 10.1. The van der Waals surface area contributed by atoms with Gasteiger partial charge in [0.2, 0.25) is 5.91 Å². The van der Waals surface area contributed by atoms with E-state index in [2.05, 4.69) is 5.32 Å². The van der Waals surface area contributed by atoms with Crippen LogP contribution < -0.4 is 10.1 Å². The van der Waals surface area contributed by atoms with E-state index in [-0.39, 0.29) is 30.2 Å². The molecule has 0 aromatic heterocycles. The number of methoxy groups -OCH3 is 1. The van der Waals surface area contributed by atoms with E-state index >= 15 is 0 Å². The summed E-state index contributed by atoms with van der Waals surface area (Å²) in [6.07, 6.45) is 0.891. The molecule has 9 nitrogen and oxygen atoms in total. The predicted molar refractivity (Wildman–Crippen MR) is 129 cm³/mol. The van der Waals surface area contributed by atoms with Crippen molar-refractivity contribution in [2.45, 2.75) is 19.9 Å². The van der Waals surface area contributed by atoms with Crippen LogP contribution in [0.1, 0.15) is 50.0 Å². The van der Waals surface area contributed by atoms with Crippen LogP contribution in [0.4, 0.5) is 0 Å². The average Bonchev–Trinajstić information content (AvgIpc) is 3.12. The summed E-state index contributed by atoms with van der Waals surface area (Å²) in [6, 6.07) is 11.9. The van der Waals surface area contributed by atoms with Gasteiger partial charge in [0.25, 0.3) is 17.7 Å². The van der Waals surface area contributed by atoms with Crippen molar-refractivity contribution in [2.75, 3.05) is 46.4 Å². The fraction of sp³-hybridized carbons (Fsp3) is 0.385. The quantitative estimate of drug-likeness (QED) is 0.581. The van der Waals surface area contributed by atoms with Gasteiger partial charge < -0.3 is 15.0 Å². The minimum Gasteiger partial charge on any atom is -0.496 e. The number of ether oxygens (including phenoxy) is 1. The van der Waals surface area contributed by atoms with Gasteiger partial charge in [-0.25, -0.2) is 0 Å². The number of imide groups is 1. The van der Waals surface area contributed by atoms with Crippen LogP contribution in [0.3, 0.4) is 0 Å². The lowest BCUT2D eigenvalue weighted by Gasteiger charge is -2.34. The van der Waals surface area contributed by atoms with E-state index in [9.17, 15) is 19.2 Å². The predicted octanol–water partition coefficient (Wildman–Crippen LogP) is 1.78. The molecule has 4 amide bonds. The maximum Gasteiger partial charge on any atom is 0.261 e. The summed E-state index contributed by atoms with van der Waals surface area (Å²) in [6.45, 7) is 5.24. The second-order valence-corrected chi connectivity index (χ2v) is 8.69. The van der Waals surface area contributed by atoms with Crippen molar-refractivity contribution >= 4 is 23.6 Å². The highest BCUT2D eigenvalue weighted by Crippen LogP contribution is 2.27. The topological polar surface area (TPSA) is 99.3 Å². The second-order valence-electron chi connectivity index (χ2n) is 8.69. The molecule has 4 rings (SSSR count). The maximum atomic E-state index is 13.3. The lowest BCUT2D eigenvalue weighted by Crippen LogP contribution is -2.51. The molecule has 1 saturated heterocycles. The van der Waals surface area contributed by atoms with E-state index < -0.39 is 0 Å². The number of hydrogen-bond donors (Lipinski definition) is 1. The van der Waals surface area contributed by atoms with Gasteiger partial charge in [0, 0.05) is 32.7 Å². The van der Waals surface area contributed by atoms with Gasteiger partial charge in [0.05, 0.1) is 36.9 Å².